The highest BCUT2D eigenvalue weighted by Gasteiger charge is 2.01. The van der Waals surface area contributed by atoms with Crippen LogP contribution in [0.3, 0.4) is 0 Å². The topological polar surface area (TPSA) is 38.0 Å². The van der Waals surface area contributed by atoms with Gasteiger partial charge in [0.2, 0.25) is 0 Å². The molecule has 0 bridgehead atoms. The number of benzene rings is 1. The maximum atomic E-state index is 5.77. The van der Waals surface area contributed by atoms with Gasteiger partial charge in [0, 0.05) is 17.4 Å². The normalized spacial score (nSPS) is 12.5. The van der Waals surface area contributed by atoms with Crippen LogP contribution in [0.4, 0.5) is 11.4 Å². The van der Waals surface area contributed by atoms with E-state index in [4.69, 9.17) is 5.73 Å². The lowest BCUT2D eigenvalue weighted by Crippen LogP contribution is -2.14. The van der Waals surface area contributed by atoms with Crippen molar-refractivity contribution in [1.82, 2.24) is 0 Å². The molecule has 3 N–H and O–H groups in total. The molecule has 2 heteroatoms. The van der Waals surface area contributed by atoms with Gasteiger partial charge in [-0.05, 0) is 44.0 Å². The molecule has 0 aliphatic rings. The van der Waals surface area contributed by atoms with Gasteiger partial charge in [-0.25, -0.2) is 0 Å². The van der Waals surface area contributed by atoms with E-state index >= 15 is 0 Å². The van der Waals surface area contributed by atoms with Gasteiger partial charge in [0.05, 0.1) is 0 Å². The number of anilines is 2. The summed E-state index contributed by atoms with van der Waals surface area (Å²) < 4.78 is 0. The quantitative estimate of drug-likeness (QED) is 0.719. The second-order valence-corrected chi connectivity index (χ2v) is 3.97. The average molecular weight is 192 g/mol. The van der Waals surface area contributed by atoms with Gasteiger partial charge in [0.1, 0.15) is 0 Å². The lowest BCUT2D eigenvalue weighted by molar-refractivity contribution is 0.690. The van der Waals surface area contributed by atoms with Gasteiger partial charge in [0.15, 0.2) is 0 Å². The Morgan fingerprint density at radius 1 is 1.36 bits per heavy atom. The first-order chi connectivity index (χ1) is 6.61. The van der Waals surface area contributed by atoms with Crippen LogP contribution in [-0.4, -0.2) is 6.04 Å². The molecule has 0 aliphatic heterocycles. The van der Waals surface area contributed by atoms with E-state index in [0.29, 0.717) is 6.04 Å². The van der Waals surface area contributed by atoms with E-state index in [1.165, 1.54) is 18.4 Å². The molecule has 14 heavy (non-hydrogen) atoms. The third-order valence-electron chi connectivity index (χ3n) is 2.23. The van der Waals surface area contributed by atoms with Gasteiger partial charge in [-0.1, -0.05) is 13.3 Å². The Morgan fingerprint density at radius 3 is 2.64 bits per heavy atom. The molecule has 0 saturated carbocycles. The third-order valence-corrected chi connectivity index (χ3v) is 2.23. The summed E-state index contributed by atoms with van der Waals surface area (Å²) in [7, 11) is 0. The zero-order chi connectivity index (χ0) is 10.6. The Labute approximate surface area is 86.5 Å². The number of hydrogen-bond acceptors (Lipinski definition) is 2. The van der Waals surface area contributed by atoms with Crippen LogP contribution in [0.5, 0.6) is 0 Å². The highest BCUT2D eigenvalue weighted by molar-refractivity contribution is 5.57. The number of hydrogen-bond donors (Lipinski definition) is 2. The predicted molar refractivity (Wildman–Crippen MR) is 63.6 cm³/mol. The lowest BCUT2D eigenvalue weighted by Gasteiger charge is -2.15. The number of nitrogen functional groups attached to an aromatic ring is 1. The molecule has 0 fully saturated rings. The maximum Gasteiger partial charge on any atom is 0.0365 e. The van der Waals surface area contributed by atoms with E-state index in [1.54, 1.807) is 0 Å². The Bertz CT molecular complexity index is 274. The second-order valence-electron chi connectivity index (χ2n) is 3.97. The summed E-state index contributed by atoms with van der Waals surface area (Å²) in [5, 5.41) is 3.44. The van der Waals surface area contributed by atoms with Gasteiger partial charge in [-0.15, -0.1) is 0 Å². The average Bonchev–Trinajstić information content (AvgIpc) is 2.01. The van der Waals surface area contributed by atoms with Crippen LogP contribution in [-0.2, 0) is 0 Å². The number of aryl methyl sites for hydroxylation is 1. The summed E-state index contributed by atoms with van der Waals surface area (Å²) >= 11 is 0. The van der Waals surface area contributed by atoms with E-state index in [2.05, 4.69) is 32.2 Å². The Kier molecular flexibility index (Phi) is 3.81. The first-order valence-corrected chi connectivity index (χ1v) is 5.25. The van der Waals surface area contributed by atoms with Crippen LogP contribution in [0.1, 0.15) is 32.3 Å². The maximum absolute atomic E-state index is 5.77. The van der Waals surface area contributed by atoms with Crippen molar-refractivity contribution < 1.29 is 0 Å². The largest absolute Gasteiger partial charge is 0.399 e. The van der Waals surface area contributed by atoms with E-state index in [0.717, 1.165) is 11.4 Å². The van der Waals surface area contributed by atoms with Crippen molar-refractivity contribution in [2.45, 2.75) is 39.7 Å². The molecule has 78 valence electrons. The lowest BCUT2D eigenvalue weighted by atomic mass is 10.1. The fraction of sp³-hybridized carbons (Fsp3) is 0.500. The molecule has 1 atom stereocenters. The zero-order valence-corrected chi connectivity index (χ0v) is 9.30. The molecule has 0 radical (unpaired) electrons. The van der Waals surface area contributed by atoms with Crippen molar-refractivity contribution in [2.24, 2.45) is 0 Å². The SMILES string of the molecule is CCCC(C)Nc1cc(C)cc(N)c1. The van der Waals surface area contributed by atoms with Crippen molar-refractivity contribution in [1.29, 1.82) is 0 Å². The molecule has 0 aromatic heterocycles. The fourth-order valence-corrected chi connectivity index (χ4v) is 1.69. The van der Waals surface area contributed by atoms with Gasteiger partial charge in [-0.3, -0.25) is 0 Å². The van der Waals surface area contributed by atoms with E-state index in [-0.39, 0.29) is 0 Å². The van der Waals surface area contributed by atoms with E-state index in [9.17, 15) is 0 Å². The van der Waals surface area contributed by atoms with Crippen molar-refractivity contribution in [3.05, 3.63) is 23.8 Å². The summed E-state index contributed by atoms with van der Waals surface area (Å²) in [5.74, 6) is 0. The molecule has 0 aliphatic carbocycles. The summed E-state index contributed by atoms with van der Waals surface area (Å²) in [6.07, 6.45) is 2.39. The second kappa shape index (κ2) is 4.89. The van der Waals surface area contributed by atoms with Gasteiger partial charge >= 0.3 is 0 Å². The summed E-state index contributed by atoms with van der Waals surface area (Å²) in [6, 6.07) is 6.61. The van der Waals surface area contributed by atoms with Crippen molar-refractivity contribution in [3.63, 3.8) is 0 Å². The summed E-state index contributed by atoms with van der Waals surface area (Å²) in [5.41, 5.74) is 8.93. The van der Waals surface area contributed by atoms with Crippen LogP contribution in [0.2, 0.25) is 0 Å². The van der Waals surface area contributed by atoms with Gasteiger partial charge in [0.25, 0.3) is 0 Å². The fourth-order valence-electron chi connectivity index (χ4n) is 1.69. The number of nitrogens with two attached hydrogens (primary N) is 1. The molecular weight excluding hydrogens is 172 g/mol. The number of nitrogens with one attached hydrogen (secondary N) is 1. The van der Waals surface area contributed by atoms with Gasteiger partial charge in [-0.2, -0.15) is 0 Å². The first kappa shape index (κ1) is 10.9. The van der Waals surface area contributed by atoms with E-state index in [1.807, 2.05) is 12.1 Å². The molecule has 0 amide bonds. The molecular formula is C12H20N2. The highest BCUT2D eigenvalue weighted by Crippen LogP contribution is 2.17. The Morgan fingerprint density at radius 2 is 2.07 bits per heavy atom. The molecule has 1 aromatic carbocycles. The van der Waals surface area contributed by atoms with E-state index < -0.39 is 0 Å². The highest BCUT2D eigenvalue weighted by atomic mass is 14.9. The molecule has 0 heterocycles. The Balaban J connectivity index is 2.66. The van der Waals surface area contributed by atoms with Crippen molar-refractivity contribution >= 4 is 11.4 Å². The van der Waals surface area contributed by atoms with Crippen LogP contribution < -0.4 is 11.1 Å². The Hall–Kier alpha value is -1.18. The molecule has 0 spiro atoms. The van der Waals surface area contributed by atoms with Crippen molar-refractivity contribution in [3.8, 4) is 0 Å². The number of rotatable bonds is 4. The monoisotopic (exact) mass is 192 g/mol. The summed E-state index contributed by atoms with van der Waals surface area (Å²) in [4.78, 5) is 0. The minimum Gasteiger partial charge on any atom is -0.399 e. The van der Waals surface area contributed by atoms with Crippen LogP contribution >= 0.6 is 0 Å². The standard InChI is InChI=1S/C12H20N2/c1-4-5-10(3)14-12-7-9(2)6-11(13)8-12/h6-8,10,14H,4-5,13H2,1-3H3. The molecule has 1 rings (SSSR count). The van der Waals surface area contributed by atoms with Crippen LogP contribution in [0.15, 0.2) is 18.2 Å². The third kappa shape index (κ3) is 3.29. The smallest absolute Gasteiger partial charge is 0.0365 e. The minimum atomic E-state index is 0.515. The molecule has 1 unspecified atom stereocenters. The summed E-state index contributed by atoms with van der Waals surface area (Å²) in [6.45, 7) is 6.46. The zero-order valence-electron chi connectivity index (χ0n) is 9.30. The van der Waals surface area contributed by atoms with Crippen LogP contribution in [0.25, 0.3) is 0 Å². The minimum absolute atomic E-state index is 0.515. The molecule has 0 saturated heterocycles. The molecule has 1 aromatic rings. The predicted octanol–water partition coefficient (Wildman–Crippen LogP) is 3.18. The first-order valence-electron chi connectivity index (χ1n) is 5.25. The van der Waals surface area contributed by atoms with Crippen LogP contribution in [0, 0.1) is 6.92 Å². The van der Waals surface area contributed by atoms with Crippen molar-refractivity contribution in [2.75, 3.05) is 11.1 Å². The van der Waals surface area contributed by atoms with Gasteiger partial charge < -0.3 is 11.1 Å². The molecule has 2 nitrogen and oxygen atoms in total.